The molecule has 0 saturated heterocycles. The van der Waals surface area contributed by atoms with E-state index in [1.54, 1.807) is 6.92 Å². The number of aryl methyl sites for hydroxylation is 1. The van der Waals surface area contributed by atoms with Crippen LogP contribution in [0.5, 0.6) is 0 Å². The Balaban J connectivity index is 2.62. The van der Waals surface area contributed by atoms with Gasteiger partial charge in [0.25, 0.3) is 0 Å². The summed E-state index contributed by atoms with van der Waals surface area (Å²) in [5.74, 6) is 0.0673. The third-order valence-electron chi connectivity index (χ3n) is 2.82. The topological polar surface area (TPSA) is 57.6 Å². The average Bonchev–Trinajstić information content (AvgIpc) is 2.36. The first-order chi connectivity index (χ1) is 7.97. The minimum Gasteiger partial charge on any atom is -0.395 e. The average molecular weight is 257 g/mol. The Morgan fingerprint density at radius 2 is 1.88 bits per heavy atom. The fraction of sp³-hybridized carbons (Fsp3) is 0.500. The van der Waals surface area contributed by atoms with Crippen molar-refractivity contribution in [2.45, 2.75) is 19.4 Å². The van der Waals surface area contributed by atoms with E-state index in [1.807, 2.05) is 30.3 Å². The zero-order valence-corrected chi connectivity index (χ0v) is 11.0. The summed E-state index contributed by atoms with van der Waals surface area (Å²) < 4.78 is 25.1. The maximum absolute atomic E-state index is 11.9. The first kappa shape index (κ1) is 14.2. The van der Waals surface area contributed by atoms with Crippen LogP contribution in [0.15, 0.2) is 30.3 Å². The molecular formula is C12H19NO3S. The fourth-order valence-electron chi connectivity index (χ4n) is 1.42. The maximum atomic E-state index is 11.9. The van der Waals surface area contributed by atoms with Crippen molar-refractivity contribution in [2.75, 3.05) is 19.4 Å². The van der Waals surface area contributed by atoms with E-state index in [4.69, 9.17) is 5.11 Å². The summed E-state index contributed by atoms with van der Waals surface area (Å²) in [4.78, 5) is 0. The quantitative estimate of drug-likeness (QED) is 0.822. The molecule has 96 valence electrons. The van der Waals surface area contributed by atoms with Gasteiger partial charge in [-0.05, 0) is 18.9 Å². The van der Waals surface area contributed by atoms with Gasteiger partial charge in [0.15, 0.2) is 0 Å². The lowest BCUT2D eigenvalue weighted by atomic mass is 10.2. The van der Waals surface area contributed by atoms with E-state index < -0.39 is 10.0 Å². The second-order valence-electron chi connectivity index (χ2n) is 4.10. The molecule has 0 radical (unpaired) electrons. The Labute approximate surface area is 103 Å². The van der Waals surface area contributed by atoms with Gasteiger partial charge < -0.3 is 5.11 Å². The smallest absolute Gasteiger partial charge is 0.214 e. The third kappa shape index (κ3) is 4.11. The fourth-order valence-corrected chi connectivity index (χ4v) is 2.82. The minimum absolute atomic E-state index is 0.0673. The molecule has 1 atom stereocenters. The molecule has 1 rings (SSSR count). The first-order valence-corrected chi connectivity index (χ1v) is 7.19. The summed E-state index contributed by atoms with van der Waals surface area (Å²) in [6, 6.07) is 9.12. The second-order valence-corrected chi connectivity index (χ2v) is 6.25. The zero-order chi connectivity index (χ0) is 12.9. The van der Waals surface area contributed by atoms with E-state index in [0.29, 0.717) is 6.42 Å². The summed E-state index contributed by atoms with van der Waals surface area (Å²) in [7, 11) is -1.80. The van der Waals surface area contributed by atoms with Gasteiger partial charge in [-0.2, -0.15) is 4.31 Å². The Hall–Kier alpha value is -0.910. The molecule has 0 aliphatic carbocycles. The van der Waals surface area contributed by atoms with Crippen molar-refractivity contribution in [3.8, 4) is 0 Å². The van der Waals surface area contributed by atoms with Crippen LogP contribution in [0.25, 0.3) is 0 Å². The van der Waals surface area contributed by atoms with Crippen molar-refractivity contribution in [3.05, 3.63) is 35.9 Å². The van der Waals surface area contributed by atoms with Gasteiger partial charge in [-0.1, -0.05) is 30.3 Å². The van der Waals surface area contributed by atoms with Crippen LogP contribution >= 0.6 is 0 Å². The molecule has 5 heteroatoms. The monoisotopic (exact) mass is 257 g/mol. The SMILES string of the molecule is CC(CO)N(C)S(=O)(=O)CCc1ccccc1. The van der Waals surface area contributed by atoms with Crippen LogP contribution in [0.1, 0.15) is 12.5 Å². The largest absolute Gasteiger partial charge is 0.395 e. The number of nitrogens with zero attached hydrogens (tertiary/aromatic N) is 1. The van der Waals surface area contributed by atoms with Gasteiger partial charge in [0.1, 0.15) is 0 Å². The number of benzene rings is 1. The lowest BCUT2D eigenvalue weighted by Gasteiger charge is -2.22. The predicted molar refractivity (Wildman–Crippen MR) is 68.2 cm³/mol. The lowest BCUT2D eigenvalue weighted by molar-refractivity contribution is 0.214. The highest BCUT2D eigenvalue weighted by Gasteiger charge is 2.22. The van der Waals surface area contributed by atoms with Crippen LogP contribution in [0, 0.1) is 0 Å². The van der Waals surface area contributed by atoms with Crippen LogP contribution in [0.3, 0.4) is 0 Å². The van der Waals surface area contributed by atoms with E-state index in [0.717, 1.165) is 5.56 Å². The predicted octanol–water partition coefficient (Wildman–Crippen LogP) is 0.871. The molecule has 1 unspecified atom stereocenters. The van der Waals surface area contributed by atoms with Gasteiger partial charge in [0, 0.05) is 13.1 Å². The Kier molecular flexibility index (Phi) is 5.11. The van der Waals surface area contributed by atoms with Crippen LogP contribution in [-0.2, 0) is 16.4 Å². The van der Waals surface area contributed by atoms with Crippen LogP contribution in [0.2, 0.25) is 0 Å². The molecule has 0 fully saturated rings. The number of aliphatic hydroxyl groups excluding tert-OH is 1. The van der Waals surface area contributed by atoms with Crippen molar-refractivity contribution in [2.24, 2.45) is 0 Å². The van der Waals surface area contributed by atoms with E-state index in [9.17, 15) is 8.42 Å². The van der Waals surface area contributed by atoms with Gasteiger partial charge in [0.2, 0.25) is 10.0 Å². The summed E-state index contributed by atoms with van der Waals surface area (Å²) in [5, 5.41) is 8.95. The second kappa shape index (κ2) is 6.14. The van der Waals surface area contributed by atoms with Gasteiger partial charge in [-0.25, -0.2) is 8.42 Å². The van der Waals surface area contributed by atoms with Crippen molar-refractivity contribution < 1.29 is 13.5 Å². The Morgan fingerprint density at radius 3 is 2.41 bits per heavy atom. The van der Waals surface area contributed by atoms with E-state index in [-0.39, 0.29) is 18.4 Å². The molecule has 0 bridgehead atoms. The molecule has 0 saturated carbocycles. The van der Waals surface area contributed by atoms with Crippen molar-refractivity contribution in [3.63, 3.8) is 0 Å². The molecule has 0 aliphatic rings. The number of likely N-dealkylation sites (N-methyl/N-ethyl adjacent to an activating group) is 1. The Bertz CT molecular complexity index is 430. The molecule has 0 aliphatic heterocycles. The minimum atomic E-state index is -3.30. The first-order valence-electron chi connectivity index (χ1n) is 5.58. The number of sulfonamides is 1. The number of aliphatic hydroxyl groups is 1. The number of hydrogen-bond acceptors (Lipinski definition) is 3. The summed E-state index contributed by atoms with van der Waals surface area (Å²) in [6.07, 6.45) is 0.492. The van der Waals surface area contributed by atoms with E-state index in [2.05, 4.69) is 0 Å². The van der Waals surface area contributed by atoms with Crippen molar-refractivity contribution >= 4 is 10.0 Å². The molecule has 1 N–H and O–H groups in total. The van der Waals surface area contributed by atoms with Crippen LogP contribution in [0.4, 0.5) is 0 Å². The Morgan fingerprint density at radius 1 is 1.29 bits per heavy atom. The summed E-state index contributed by atoms with van der Waals surface area (Å²) in [6.45, 7) is 1.52. The summed E-state index contributed by atoms with van der Waals surface area (Å²) in [5.41, 5.74) is 1.00. The molecule has 0 spiro atoms. The van der Waals surface area contributed by atoms with Crippen molar-refractivity contribution in [1.82, 2.24) is 4.31 Å². The molecule has 0 heterocycles. The van der Waals surface area contributed by atoms with E-state index in [1.165, 1.54) is 11.4 Å². The highest BCUT2D eigenvalue weighted by molar-refractivity contribution is 7.89. The maximum Gasteiger partial charge on any atom is 0.214 e. The molecule has 0 amide bonds. The lowest BCUT2D eigenvalue weighted by Crippen LogP contribution is -2.39. The van der Waals surface area contributed by atoms with Crippen molar-refractivity contribution in [1.29, 1.82) is 0 Å². The summed E-state index contributed by atoms with van der Waals surface area (Å²) >= 11 is 0. The molecular weight excluding hydrogens is 238 g/mol. The molecule has 0 aromatic heterocycles. The normalized spacial score (nSPS) is 13.9. The third-order valence-corrected chi connectivity index (χ3v) is 4.77. The van der Waals surface area contributed by atoms with E-state index >= 15 is 0 Å². The van der Waals surface area contributed by atoms with Gasteiger partial charge >= 0.3 is 0 Å². The standard InChI is InChI=1S/C12H19NO3S/c1-11(10-14)13(2)17(15,16)9-8-12-6-4-3-5-7-12/h3-7,11,14H,8-10H2,1-2H3. The highest BCUT2D eigenvalue weighted by atomic mass is 32.2. The van der Waals surface area contributed by atoms with Gasteiger partial charge in [0.05, 0.1) is 12.4 Å². The zero-order valence-electron chi connectivity index (χ0n) is 10.2. The number of rotatable bonds is 6. The molecule has 1 aromatic carbocycles. The number of hydrogen-bond donors (Lipinski definition) is 1. The van der Waals surface area contributed by atoms with Gasteiger partial charge in [-0.3, -0.25) is 0 Å². The molecule has 4 nitrogen and oxygen atoms in total. The molecule has 1 aromatic rings. The van der Waals surface area contributed by atoms with Gasteiger partial charge in [-0.15, -0.1) is 0 Å². The van der Waals surface area contributed by atoms with Crippen LogP contribution in [-0.4, -0.2) is 43.3 Å². The van der Waals surface area contributed by atoms with Crippen LogP contribution < -0.4 is 0 Å². The molecule has 17 heavy (non-hydrogen) atoms. The highest BCUT2D eigenvalue weighted by Crippen LogP contribution is 2.08.